The van der Waals surface area contributed by atoms with Crippen molar-refractivity contribution in [3.05, 3.63) is 176 Å². The minimum atomic E-state index is 0.567. The van der Waals surface area contributed by atoms with Gasteiger partial charge in [0.05, 0.1) is 22.1 Å². The van der Waals surface area contributed by atoms with Crippen molar-refractivity contribution in [1.29, 1.82) is 0 Å². The normalized spacial score (nSPS) is 11.6. The van der Waals surface area contributed by atoms with E-state index < -0.39 is 0 Å². The van der Waals surface area contributed by atoms with Gasteiger partial charge in [0.2, 0.25) is 11.9 Å². The van der Waals surface area contributed by atoms with Crippen molar-refractivity contribution in [3.63, 3.8) is 0 Å². The average molecular weight is 640 g/mol. The Kier molecular flexibility index (Phi) is 6.42. The fourth-order valence-corrected chi connectivity index (χ4v) is 7.36. The molecular weight excluding hydrogens is 611 g/mol. The molecule has 0 amide bonds. The predicted molar refractivity (Wildman–Crippen MR) is 205 cm³/mol. The van der Waals surface area contributed by atoms with Gasteiger partial charge in [-0.3, -0.25) is 9.13 Å². The number of rotatable bonds is 5. The Morgan fingerprint density at radius 3 is 1.54 bits per heavy atom. The quantitative estimate of drug-likeness (QED) is 0.188. The first kappa shape index (κ1) is 28.2. The van der Waals surface area contributed by atoms with Crippen LogP contribution in [-0.4, -0.2) is 24.1 Å². The highest BCUT2D eigenvalue weighted by Crippen LogP contribution is 2.39. The molecule has 3 aromatic heterocycles. The second kappa shape index (κ2) is 11.4. The van der Waals surface area contributed by atoms with Gasteiger partial charge in [-0.2, -0.15) is 15.0 Å². The van der Waals surface area contributed by atoms with E-state index in [9.17, 15) is 0 Å². The molecule has 10 rings (SSSR count). The molecule has 0 aliphatic heterocycles. The van der Waals surface area contributed by atoms with Gasteiger partial charge in [0.1, 0.15) is 0 Å². The molecule has 0 saturated heterocycles. The van der Waals surface area contributed by atoms with E-state index in [-0.39, 0.29) is 0 Å². The zero-order valence-corrected chi connectivity index (χ0v) is 27.0. The fourth-order valence-electron chi connectivity index (χ4n) is 7.36. The summed E-state index contributed by atoms with van der Waals surface area (Å²) >= 11 is 0. The number of hydrogen-bond acceptors (Lipinski definition) is 3. The topological polar surface area (TPSA) is 48.5 Å². The van der Waals surface area contributed by atoms with Crippen LogP contribution >= 0.6 is 0 Å². The minimum Gasteiger partial charge on any atom is -0.278 e. The summed E-state index contributed by atoms with van der Waals surface area (Å²) in [6.07, 6.45) is 0. The molecule has 0 aliphatic rings. The van der Waals surface area contributed by atoms with Crippen LogP contribution in [0.2, 0.25) is 0 Å². The molecule has 234 valence electrons. The highest BCUT2D eigenvalue weighted by atomic mass is 15.3. The molecule has 0 N–H and O–H groups in total. The molecule has 0 fully saturated rings. The van der Waals surface area contributed by atoms with Crippen molar-refractivity contribution >= 4 is 43.6 Å². The molecule has 5 heteroatoms. The Labute approximate surface area is 288 Å². The lowest BCUT2D eigenvalue weighted by atomic mass is 9.99. The van der Waals surface area contributed by atoms with Crippen LogP contribution in [0.15, 0.2) is 176 Å². The third-order valence-electron chi connectivity index (χ3n) is 9.61. The summed E-state index contributed by atoms with van der Waals surface area (Å²) in [6.45, 7) is 0. The van der Waals surface area contributed by atoms with Crippen LogP contribution in [0.25, 0.3) is 89.2 Å². The number of fused-ring (bicyclic) bond motifs is 6. The van der Waals surface area contributed by atoms with Gasteiger partial charge >= 0.3 is 0 Å². The summed E-state index contributed by atoms with van der Waals surface area (Å²) in [4.78, 5) is 15.7. The maximum atomic E-state index is 5.33. The van der Waals surface area contributed by atoms with Crippen molar-refractivity contribution in [2.45, 2.75) is 0 Å². The molecule has 7 aromatic carbocycles. The highest BCUT2D eigenvalue weighted by molar-refractivity contribution is 6.15. The smallest absolute Gasteiger partial charge is 0.240 e. The lowest BCUT2D eigenvalue weighted by Gasteiger charge is -2.13. The summed E-state index contributed by atoms with van der Waals surface area (Å²) in [5.41, 5.74) is 9.77. The van der Waals surface area contributed by atoms with Crippen LogP contribution in [-0.2, 0) is 0 Å². The third-order valence-corrected chi connectivity index (χ3v) is 9.61. The first-order chi connectivity index (χ1) is 24.8. The molecular formula is C45H29N5. The Morgan fingerprint density at radius 2 is 0.840 bits per heavy atom. The number of para-hydroxylation sites is 2. The van der Waals surface area contributed by atoms with Crippen LogP contribution in [0.3, 0.4) is 0 Å². The van der Waals surface area contributed by atoms with E-state index in [4.69, 9.17) is 15.0 Å². The molecule has 3 heterocycles. The second-order valence-corrected chi connectivity index (χ2v) is 12.5. The van der Waals surface area contributed by atoms with Crippen LogP contribution in [0.1, 0.15) is 0 Å². The second-order valence-electron chi connectivity index (χ2n) is 12.5. The Bertz CT molecular complexity index is 2850. The average Bonchev–Trinajstić information content (AvgIpc) is 3.71. The summed E-state index contributed by atoms with van der Waals surface area (Å²) in [7, 11) is 0. The van der Waals surface area contributed by atoms with Crippen molar-refractivity contribution in [2.24, 2.45) is 0 Å². The van der Waals surface area contributed by atoms with E-state index in [0.717, 1.165) is 43.8 Å². The highest BCUT2D eigenvalue weighted by Gasteiger charge is 2.22. The maximum Gasteiger partial charge on any atom is 0.240 e. The monoisotopic (exact) mass is 639 g/mol. The van der Waals surface area contributed by atoms with Crippen molar-refractivity contribution in [1.82, 2.24) is 24.1 Å². The molecule has 0 unspecified atom stereocenters. The summed E-state index contributed by atoms with van der Waals surface area (Å²) in [5, 5.41) is 4.61. The number of benzene rings is 7. The number of nitrogens with zero attached hydrogens (tertiary/aromatic N) is 5. The first-order valence-electron chi connectivity index (χ1n) is 16.8. The Morgan fingerprint density at radius 1 is 0.320 bits per heavy atom. The van der Waals surface area contributed by atoms with E-state index in [2.05, 4.69) is 167 Å². The zero-order chi connectivity index (χ0) is 33.0. The van der Waals surface area contributed by atoms with Crippen LogP contribution in [0, 0.1) is 0 Å². The summed E-state index contributed by atoms with van der Waals surface area (Å²) in [5.74, 6) is 1.75. The van der Waals surface area contributed by atoms with Gasteiger partial charge in [0.15, 0.2) is 5.82 Å². The van der Waals surface area contributed by atoms with Crippen molar-refractivity contribution in [2.75, 3.05) is 0 Å². The predicted octanol–water partition coefficient (Wildman–Crippen LogP) is 11.1. The van der Waals surface area contributed by atoms with Gasteiger partial charge < -0.3 is 0 Å². The molecule has 5 nitrogen and oxygen atoms in total. The van der Waals surface area contributed by atoms with E-state index in [1.165, 1.54) is 27.6 Å². The van der Waals surface area contributed by atoms with Crippen LogP contribution in [0.5, 0.6) is 0 Å². The van der Waals surface area contributed by atoms with Gasteiger partial charge in [-0.25, -0.2) is 0 Å². The molecule has 0 bridgehead atoms. The fraction of sp³-hybridized carbons (Fsp3) is 0. The number of hydrogen-bond donors (Lipinski definition) is 0. The van der Waals surface area contributed by atoms with Crippen molar-refractivity contribution in [3.8, 4) is 45.5 Å². The summed E-state index contributed by atoms with van der Waals surface area (Å²) < 4.78 is 4.37. The summed E-state index contributed by atoms with van der Waals surface area (Å²) in [6, 6.07) is 61.4. The SMILES string of the molecule is c1ccc(-c2ccc3c(c2)c2ccccc2n3-c2nc(-c3ccccc3)nc(-n3c4ccccc4c4c(-c5ccccc5)cccc43)n2)cc1. The lowest BCUT2D eigenvalue weighted by Crippen LogP contribution is -2.10. The molecule has 0 aliphatic carbocycles. The van der Waals surface area contributed by atoms with Gasteiger partial charge in [-0.15, -0.1) is 0 Å². The maximum absolute atomic E-state index is 5.33. The van der Waals surface area contributed by atoms with Gasteiger partial charge in [-0.05, 0) is 52.6 Å². The third kappa shape index (κ3) is 4.45. The van der Waals surface area contributed by atoms with Gasteiger partial charge in [-0.1, -0.05) is 146 Å². The molecule has 0 saturated carbocycles. The Hall–Kier alpha value is -6.85. The van der Waals surface area contributed by atoms with Crippen molar-refractivity contribution < 1.29 is 0 Å². The first-order valence-corrected chi connectivity index (χ1v) is 16.8. The van der Waals surface area contributed by atoms with E-state index in [1.54, 1.807) is 0 Å². The van der Waals surface area contributed by atoms with Crippen LogP contribution in [0.4, 0.5) is 0 Å². The Balaban J connectivity index is 1.28. The molecule has 0 atom stereocenters. The van der Waals surface area contributed by atoms with E-state index in [0.29, 0.717) is 17.7 Å². The van der Waals surface area contributed by atoms with E-state index in [1.807, 2.05) is 18.2 Å². The molecule has 0 spiro atoms. The molecule has 0 radical (unpaired) electrons. The molecule has 50 heavy (non-hydrogen) atoms. The zero-order valence-electron chi connectivity index (χ0n) is 27.0. The van der Waals surface area contributed by atoms with Crippen LogP contribution < -0.4 is 0 Å². The molecule has 10 aromatic rings. The number of aromatic nitrogens is 5. The van der Waals surface area contributed by atoms with Gasteiger partial charge in [0, 0.05) is 27.1 Å². The largest absolute Gasteiger partial charge is 0.278 e. The van der Waals surface area contributed by atoms with E-state index >= 15 is 0 Å². The lowest BCUT2D eigenvalue weighted by molar-refractivity contribution is 0.893. The standard InChI is InChI=1S/C45H29N5/c1-4-15-30(16-5-1)33-27-28-40-37(29-33)35-21-10-12-24-38(35)49(40)44-46-43(32-19-8-3-9-20-32)47-45(48-44)50-39-25-13-11-22-36(39)42-34(23-14-26-41(42)50)31-17-6-2-7-18-31/h1-29H. The minimum absolute atomic E-state index is 0.567. The van der Waals surface area contributed by atoms with Gasteiger partial charge in [0.25, 0.3) is 0 Å².